The molecule has 2 aromatic rings. The molecular weight excluding hydrogens is 332 g/mol. The van der Waals surface area contributed by atoms with Crippen molar-refractivity contribution in [1.29, 1.82) is 0 Å². The molecule has 2 aromatic carbocycles. The summed E-state index contributed by atoms with van der Waals surface area (Å²) in [6, 6.07) is 13.5. The van der Waals surface area contributed by atoms with Crippen LogP contribution in [-0.2, 0) is 9.59 Å². The molecule has 0 aliphatic carbocycles. The molecule has 132 valence electrons. The highest BCUT2D eigenvalue weighted by molar-refractivity contribution is 8.00. The lowest BCUT2D eigenvalue weighted by molar-refractivity contribution is -0.116. The smallest absolute Gasteiger partial charge is 0.237 e. The number of anilines is 2. The van der Waals surface area contributed by atoms with E-state index in [1.807, 2.05) is 63.2 Å². The van der Waals surface area contributed by atoms with Gasteiger partial charge in [-0.3, -0.25) is 9.59 Å². The van der Waals surface area contributed by atoms with Gasteiger partial charge in [-0.05, 0) is 61.7 Å². The van der Waals surface area contributed by atoms with Gasteiger partial charge in [0.15, 0.2) is 0 Å². The summed E-state index contributed by atoms with van der Waals surface area (Å²) in [7, 11) is 0. The topological polar surface area (TPSA) is 58.2 Å². The van der Waals surface area contributed by atoms with E-state index in [2.05, 4.69) is 10.6 Å². The Morgan fingerprint density at radius 3 is 2.36 bits per heavy atom. The number of benzene rings is 2. The maximum Gasteiger partial charge on any atom is 0.237 e. The Bertz CT molecular complexity index is 774. The van der Waals surface area contributed by atoms with Gasteiger partial charge in [0.25, 0.3) is 0 Å². The van der Waals surface area contributed by atoms with E-state index < -0.39 is 0 Å². The van der Waals surface area contributed by atoms with E-state index in [0.29, 0.717) is 6.42 Å². The van der Waals surface area contributed by atoms with E-state index in [1.165, 1.54) is 24.2 Å². The highest BCUT2D eigenvalue weighted by Gasteiger charge is 2.18. The number of nitrogens with one attached hydrogen (secondary N) is 2. The standard InChI is InChI=1S/C20H24N2O2S/c1-5-19(20(24)22-17-10-9-13(2)14(3)11-17)25-18-8-6-7-16(12-18)21-15(4)23/h6-12,19H,5H2,1-4H3,(H,21,23)(H,22,24). The number of aryl methyl sites for hydroxylation is 2. The van der Waals surface area contributed by atoms with E-state index >= 15 is 0 Å². The summed E-state index contributed by atoms with van der Waals surface area (Å²) in [5.74, 6) is -0.123. The molecule has 0 aliphatic heterocycles. The number of hydrogen-bond acceptors (Lipinski definition) is 3. The lowest BCUT2D eigenvalue weighted by Crippen LogP contribution is -2.24. The minimum atomic E-state index is -0.200. The Labute approximate surface area is 153 Å². The van der Waals surface area contributed by atoms with Crippen LogP contribution >= 0.6 is 11.8 Å². The summed E-state index contributed by atoms with van der Waals surface area (Å²) < 4.78 is 0. The van der Waals surface area contributed by atoms with Gasteiger partial charge in [-0.1, -0.05) is 19.1 Å². The summed E-state index contributed by atoms with van der Waals surface area (Å²) >= 11 is 1.50. The third-order valence-electron chi connectivity index (χ3n) is 3.87. The molecule has 0 saturated carbocycles. The molecule has 25 heavy (non-hydrogen) atoms. The number of amides is 2. The molecule has 1 unspecified atom stereocenters. The molecule has 0 fully saturated rings. The number of carbonyl (C=O) groups is 2. The predicted octanol–water partition coefficient (Wildman–Crippen LogP) is 4.77. The lowest BCUT2D eigenvalue weighted by Gasteiger charge is -2.16. The third-order valence-corrected chi connectivity index (χ3v) is 5.23. The van der Waals surface area contributed by atoms with Crippen molar-refractivity contribution in [2.75, 3.05) is 10.6 Å². The van der Waals surface area contributed by atoms with Gasteiger partial charge in [-0.15, -0.1) is 11.8 Å². The van der Waals surface area contributed by atoms with Gasteiger partial charge in [-0.2, -0.15) is 0 Å². The number of carbonyl (C=O) groups excluding carboxylic acids is 2. The Morgan fingerprint density at radius 1 is 1.00 bits per heavy atom. The molecule has 2 amide bonds. The van der Waals surface area contributed by atoms with Crippen molar-refractivity contribution in [3.8, 4) is 0 Å². The van der Waals surface area contributed by atoms with Crippen LogP contribution < -0.4 is 10.6 Å². The Balaban J connectivity index is 2.07. The molecule has 0 spiro atoms. The van der Waals surface area contributed by atoms with E-state index in [4.69, 9.17) is 0 Å². The van der Waals surface area contributed by atoms with Crippen LogP contribution in [0.25, 0.3) is 0 Å². The maximum absolute atomic E-state index is 12.6. The summed E-state index contributed by atoms with van der Waals surface area (Å²) in [5, 5.41) is 5.56. The van der Waals surface area contributed by atoms with Crippen LogP contribution in [0.4, 0.5) is 11.4 Å². The fourth-order valence-electron chi connectivity index (χ4n) is 2.38. The summed E-state index contributed by atoms with van der Waals surface area (Å²) in [6.07, 6.45) is 0.714. The normalized spacial score (nSPS) is 11.7. The van der Waals surface area contributed by atoms with E-state index in [0.717, 1.165) is 21.8 Å². The van der Waals surface area contributed by atoms with Crippen molar-refractivity contribution in [2.45, 2.75) is 44.3 Å². The molecule has 2 rings (SSSR count). The Morgan fingerprint density at radius 2 is 1.72 bits per heavy atom. The zero-order chi connectivity index (χ0) is 18.4. The van der Waals surface area contributed by atoms with Crippen LogP contribution in [-0.4, -0.2) is 17.1 Å². The summed E-state index contributed by atoms with van der Waals surface area (Å²) in [6.45, 7) is 7.55. The van der Waals surface area contributed by atoms with Gasteiger partial charge in [0.1, 0.15) is 0 Å². The van der Waals surface area contributed by atoms with Crippen LogP contribution in [0, 0.1) is 13.8 Å². The second-order valence-corrected chi connectivity index (χ2v) is 7.29. The summed E-state index contributed by atoms with van der Waals surface area (Å²) in [5.41, 5.74) is 3.91. The van der Waals surface area contributed by atoms with Crippen LogP contribution in [0.15, 0.2) is 47.4 Å². The van der Waals surface area contributed by atoms with Crippen LogP contribution in [0.2, 0.25) is 0 Å². The molecule has 0 radical (unpaired) electrons. The van der Waals surface area contributed by atoms with Gasteiger partial charge >= 0.3 is 0 Å². The van der Waals surface area contributed by atoms with Gasteiger partial charge < -0.3 is 10.6 Å². The minimum Gasteiger partial charge on any atom is -0.326 e. The van der Waals surface area contributed by atoms with Gasteiger partial charge in [0.05, 0.1) is 5.25 Å². The molecule has 0 bridgehead atoms. The van der Waals surface area contributed by atoms with Crippen molar-refractivity contribution >= 4 is 35.0 Å². The quantitative estimate of drug-likeness (QED) is 0.733. The maximum atomic E-state index is 12.6. The number of thioether (sulfide) groups is 1. The van der Waals surface area contributed by atoms with Crippen molar-refractivity contribution in [3.63, 3.8) is 0 Å². The molecule has 4 nitrogen and oxygen atoms in total. The molecule has 5 heteroatoms. The first-order valence-electron chi connectivity index (χ1n) is 8.31. The van der Waals surface area contributed by atoms with E-state index in [1.54, 1.807) is 0 Å². The molecule has 0 saturated heterocycles. The fraction of sp³-hybridized carbons (Fsp3) is 0.300. The van der Waals surface area contributed by atoms with Crippen molar-refractivity contribution in [3.05, 3.63) is 53.6 Å². The third kappa shape index (κ3) is 5.64. The molecule has 2 N–H and O–H groups in total. The monoisotopic (exact) mass is 356 g/mol. The molecule has 0 heterocycles. The first kappa shape index (κ1) is 19.1. The summed E-state index contributed by atoms with van der Waals surface area (Å²) in [4.78, 5) is 24.7. The van der Waals surface area contributed by atoms with Crippen LogP contribution in [0.5, 0.6) is 0 Å². The van der Waals surface area contributed by atoms with Crippen LogP contribution in [0.1, 0.15) is 31.4 Å². The highest BCUT2D eigenvalue weighted by Crippen LogP contribution is 2.28. The second-order valence-electron chi connectivity index (χ2n) is 6.01. The first-order valence-corrected chi connectivity index (χ1v) is 9.19. The predicted molar refractivity (Wildman–Crippen MR) is 105 cm³/mol. The Hall–Kier alpha value is -2.27. The Kier molecular flexibility index (Phi) is 6.65. The zero-order valence-electron chi connectivity index (χ0n) is 15.1. The lowest BCUT2D eigenvalue weighted by atomic mass is 10.1. The average Bonchev–Trinajstić information content (AvgIpc) is 2.55. The largest absolute Gasteiger partial charge is 0.326 e. The number of hydrogen-bond donors (Lipinski definition) is 2. The van der Waals surface area contributed by atoms with Gasteiger partial charge in [-0.25, -0.2) is 0 Å². The van der Waals surface area contributed by atoms with E-state index in [-0.39, 0.29) is 17.1 Å². The molecule has 0 aromatic heterocycles. The van der Waals surface area contributed by atoms with Gasteiger partial charge in [0, 0.05) is 23.2 Å². The van der Waals surface area contributed by atoms with Crippen molar-refractivity contribution in [1.82, 2.24) is 0 Å². The average molecular weight is 356 g/mol. The second kappa shape index (κ2) is 8.72. The van der Waals surface area contributed by atoms with Crippen LogP contribution in [0.3, 0.4) is 0 Å². The molecule has 1 atom stereocenters. The number of rotatable bonds is 6. The SMILES string of the molecule is CCC(Sc1cccc(NC(C)=O)c1)C(=O)Nc1ccc(C)c(C)c1. The zero-order valence-corrected chi connectivity index (χ0v) is 15.9. The van der Waals surface area contributed by atoms with Crippen molar-refractivity contribution in [2.24, 2.45) is 0 Å². The van der Waals surface area contributed by atoms with Crippen molar-refractivity contribution < 1.29 is 9.59 Å². The first-order chi connectivity index (χ1) is 11.9. The molecule has 0 aliphatic rings. The molecular formula is C20H24N2O2S. The van der Waals surface area contributed by atoms with Gasteiger partial charge in [0.2, 0.25) is 11.8 Å². The fourth-order valence-corrected chi connectivity index (χ4v) is 3.39. The highest BCUT2D eigenvalue weighted by atomic mass is 32.2. The minimum absolute atomic E-state index is 0.0133. The van der Waals surface area contributed by atoms with E-state index in [9.17, 15) is 9.59 Å².